The van der Waals surface area contributed by atoms with Crippen LogP contribution in [0.3, 0.4) is 0 Å². The zero-order chi connectivity index (χ0) is 17.9. The van der Waals surface area contributed by atoms with E-state index in [2.05, 4.69) is 26.0 Å². The van der Waals surface area contributed by atoms with Crippen LogP contribution in [-0.4, -0.2) is 52.7 Å². The largest absolute Gasteiger partial charge is 0.369 e. The molecule has 1 saturated carbocycles. The average Bonchev–Trinajstić information content (AvgIpc) is 2.66. The Morgan fingerprint density at radius 2 is 1.61 bits per heavy atom. The number of fused-ring (bicyclic) bond motifs is 1. The van der Waals surface area contributed by atoms with E-state index in [-0.39, 0.29) is 0 Å². The van der Waals surface area contributed by atoms with E-state index in [0.717, 1.165) is 7.05 Å². The lowest BCUT2D eigenvalue weighted by Gasteiger charge is -2.69. The topological polar surface area (TPSA) is 263 Å². The first-order chi connectivity index (χ1) is 10.5. The summed E-state index contributed by atoms with van der Waals surface area (Å²) in [6, 6.07) is 0. The van der Waals surface area contributed by atoms with Crippen LogP contribution < -0.4 is 28.3 Å². The zero-order valence-corrected chi connectivity index (χ0v) is 11.8. The van der Waals surface area contributed by atoms with Gasteiger partial charge in [0.15, 0.2) is 11.3 Å². The molecule has 6 atom stereocenters. The molecule has 0 bridgehead atoms. The second-order valence-electron chi connectivity index (χ2n) is 5.49. The zero-order valence-electron chi connectivity index (χ0n) is 11.8. The number of hydrogen-bond acceptors (Lipinski definition) is 15. The SMILES string of the molecule is CNC1(N=O)C2(N)C(CN=O)(O[C@](N)(N=O)C2(N)N=O)[C@@]1(N)O. The highest BCUT2D eigenvalue weighted by Crippen LogP contribution is 2.67. The van der Waals surface area contributed by atoms with Crippen molar-refractivity contribution in [3.63, 3.8) is 0 Å². The van der Waals surface area contributed by atoms with Gasteiger partial charge in [0.1, 0.15) is 12.1 Å². The maximum atomic E-state index is 11.4. The first kappa shape index (κ1) is 17.5. The molecule has 0 radical (unpaired) electrons. The average molecular weight is 333 g/mol. The van der Waals surface area contributed by atoms with Crippen molar-refractivity contribution in [3.8, 4) is 0 Å². The van der Waals surface area contributed by atoms with Gasteiger partial charge >= 0.3 is 0 Å². The number of hydrogen-bond donors (Lipinski definition) is 6. The molecule has 1 saturated heterocycles. The number of nitroso groups, excluding NO2 is 4. The van der Waals surface area contributed by atoms with Gasteiger partial charge in [-0.2, -0.15) is 4.91 Å². The number of nitrogens with one attached hydrogen (secondary N) is 1. The highest BCUT2D eigenvalue weighted by atomic mass is 16.6. The van der Waals surface area contributed by atoms with Crippen LogP contribution >= 0.6 is 0 Å². The Kier molecular flexibility index (Phi) is 3.30. The van der Waals surface area contributed by atoms with E-state index in [1.165, 1.54) is 0 Å². The Morgan fingerprint density at radius 3 is 1.96 bits per heavy atom. The maximum absolute atomic E-state index is 11.4. The summed E-state index contributed by atoms with van der Waals surface area (Å²) in [6.45, 7) is -1.03. The first-order valence-corrected chi connectivity index (χ1v) is 6.11. The van der Waals surface area contributed by atoms with Gasteiger partial charge < -0.3 is 15.6 Å². The van der Waals surface area contributed by atoms with Crippen LogP contribution in [0.1, 0.15) is 0 Å². The number of nitrogens with zero attached hydrogens (tertiary/aromatic N) is 4. The van der Waals surface area contributed by atoms with Crippen LogP contribution in [0.15, 0.2) is 20.7 Å². The summed E-state index contributed by atoms with van der Waals surface area (Å²) in [5, 5.41) is 22.7. The fraction of sp³-hybridized carbons (Fsp3) is 1.00. The van der Waals surface area contributed by atoms with Gasteiger partial charge in [-0.25, -0.2) is 0 Å². The van der Waals surface area contributed by atoms with Gasteiger partial charge in [0.2, 0.25) is 11.3 Å². The predicted octanol–water partition coefficient (Wildman–Crippen LogP) is -3.64. The Balaban J connectivity index is 2.92. The van der Waals surface area contributed by atoms with Gasteiger partial charge in [-0.05, 0) is 22.6 Å². The molecule has 23 heavy (non-hydrogen) atoms. The van der Waals surface area contributed by atoms with Gasteiger partial charge in [-0.1, -0.05) is 5.18 Å². The third kappa shape index (κ3) is 1.20. The number of ether oxygens (including phenoxy) is 1. The van der Waals surface area contributed by atoms with Crippen molar-refractivity contribution in [3.05, 3.63) is 19.6 Å². The lowest BCUT2D eigenvalue weighted by molar-refractivity contribution is -0.320. The molecule has 15 nitrogen and oxygen atoms in total. The van der Waals surface area contributed by atoms with Crippen LogP contribution in [0.25, 0.3) is 0 Å². The molecule has 15 heteroatoms. The number of nitrogens with two attached hydrogens (primary N) is 4. The summed E-state index contributed by atoms with van der Waals surface area (Å²) in [4.78, 5) is 44.7. The quantitative estimate of drug-likeness (QED) is 0.204. The van der Waals surface area contributed by atoms with Crippen LogP contribution in [0, 0.1) is 19.6 Å². The van der Waals surface area contributed by atoms with E-state index in [1.54, 1.807) is 0 Å². The summed E-state index contributed by atoms with van der Waals surface area (Å²) in [5.41, 5.74) is 9.44. The van der Waals surface area contributed by atoms with Crippen molar-refractivity contribution in [2.24, 2.45) is 43.6 Å². The van der Waals surface area contributed by atoms with Crippen LogP contribution in [-0.2, 0) is 4.74 Å². The fourth-order valence-corrected chi connectivity index (χ4v) is 3.66. The molecule has 10 N–H and O–H groups in total. The minimum Gasteiger partial charge on any atom is -0.369 e. The number of likely N-dealkylation sites (N-methyl/N-ethyl adjacent to an activating group) is 1. The van der Waals surface area contributed by atoms with Gasteiger partial charge in [-0.3, -0.25) is 22.5 Å². The van der Waals surface area contributed by atoms with E-state index in [9.17, 15) is 24.7 Å². The fourth-order valence-electron chi connectivity index (χ4n) is 3.66. The Labute approximate surface area is 127 Å². The summed E-state index contributed by atoms with van der Waals surface area (Å²) in [7, 11) is 1.10. The van der Waals surface area contributed by atoms with Crippen molar-refractivity contribution in [2.75, 3.05) is 13.6 Å². The van der Waals surface area contributed by atoms with E-state index in [1.807, 2.05) is 0 Å². The third-order valence-corrected chi connectivity index (χ3v) is 4.92. The lowest BCUT2D eigenvalue weighted by atomic mass is 9.46. The van der Waals surface area contributed by atoms with Crippen LogP contribution in [0.5, 0.6) is 0 Å². The Morgan fingerprint density at radius 1 is 1.04 bits per heavy atom. The molecular weight excluding hydrogens is 318 g/mol. The predicted molar refractivity (Wildman–Crippen MR) is 73.5 cm³/mol. The minimum atomic E-state index is -2.95. The molecule has 4 unspecified atom stereocenters. The second kappa shape index (κ2) is 4.35. The monoisotopic (exact) mass is 333 g/mol. The van der Waals surface area contributed by atoms with E-state index >= 15 is 0 Å². The van der Waals surface area contributed by atoms with Gasteiger partial charge in [0.25, 0.3) is 5.85 Å². The Bertz CT molecular complexity index is 603. The third-order valence-electron chi connectivity index (χ3n) is 4.92. The molecule has 1 heterocycles. The highest BCUT2D eigenvalue weighted by Gasteiger charge is 3.01. The molecule has 2 rings (SSSR count). The van der Waals surface area contributed by atoms with Crippen molar-refractivity contribution in [2.45, 2.75) is 34.0 Å². The van der Waals surface area contributed by atoms with Gasteiger partial charge in [0.05, 0.1) is 0 Å². The summed E-state index contributed by atoms with van der Waals surface area (Å²) >= 11 is 0. The van der Waals surface area contributed by atoms with Crippen molar-refractivity contribution < 1.29 is 9.84 Å². The number of aliphatic hydroxyl groups is 1. The molecule has 2 fully saturated rings. The molecule has 0 aromatic rings. The molecule has 1 aliphatic carbocycles. The van der Waals surface area contributed by atoms with Crippen LogP contribution in [0.4, 0.5) is 0 Å². The molecule has 0 amide bonds. The summed E-state index contributed by atoms with van der Waals surface area (Å²) < 4.78 is 5.06. The van der Waals surface area contributed by atoms with Gasteiger partial charge in [-0.15, -0.1) is 14.7 Å². The second-order valence-corrected chi connectivity index (χ2v) is 5.49. The van der Waals surface area contributed by atoms with Crippen LogP contribution in [0.2, 0.25) is 0 Å². The molecule has 0 spiro atoms. The van der Waals surface area contributed by atoms with Crippen molar-refractivity contribution in [1.82, 2.24) is 5.32 Å². The molecule has 0 aromatic carbocycles. The van der Waals surface area contributed by atoms with E-state index in [0.29, 0.717) is 0 Å². The molecular formula is C8H15N9O6. The normalized spacial score (nSPS) is 54.7. The lowest BCUT2D eigenvalue weighted by Crippen LogP contribution is -3.06. The maximum Gasteiger partial charge on any atom is 0.299 e. The molecule has 1 aliphatic heterocycles. The smallest absolute Gasteiger partial charge is 0.299 e. The molecule has 0 aromatic heterocycles. The first-order valence-electron chi connectivity index (χ1n) is 6.11. The summed E-state index contributed by atoms with van der Waals surface area (Å²) in [6.07, 6.45) is 0. The Hall–Kier alpha value is -1.88. The van der Waals surface area contributed by atoms with E-state index < -0.39 is 40.6 Å². The van der Waals surface area contributed by atoms with E-state index in [4.69, 9.17) is 27.7 Å². The van der Waals surface area contributed by atoms with Crippen molar-refractivity contribution >= 4 is 0 Å². The van der Waals surface area contributed by atoms with Crippen molar-refractivity contribution in [1.29, 1.82) is 0 Å². The minimum absolute atomic E-state index is 1.03. The van der Waals surface area contributed by atoms with Gasteiger partial charge in [0, 0.05) is 0 Å². The molecule has 128 valence electrons. The summed E-state index contributed by atoms with van der Waals surface area (Å²) in [5.74, 6) is -2.95. The standard InChI is InChI=1S/C8H15N9O6/c1-13-7(16-21)4(9)3(2-14-19,6(7,11)18)23-8(12,17-22)5(4,10)15-20/h13,18H,2,9-12H2,1H3/t3?,4?,5?,6-,7?,8-/m1/s1. The molecule has 2 aliphatic rings. The number of rotatable bonds is 6. The highest BCUT2D eigenvalue weighted by molar-refractivity contribution is 5.51.